The molecule has 0 bridgehead atoms. The number of para-hydroxylation sites is 3. The van der Waals surface area contributed by atoms with Gasteiger partial charge in [0, 0.05) is 50.3 Å². The molecule has 3 aliphatic rings. The fraction of sp³-hybridized carbons (Fsp3) is 0.0476. The van der Waals surface area contributed by atoms with E-state index in [0.717, 1.165) is 16.9 Å². The van der Waals surface area contributed by atoms with E-state index in [1.54, 1.807) is 0 Å². The van der Waals surface area contributed by atoms with Crippen LogP contribution in [0.3, 0.4) is 0 Å². The minimum absolute atomic E-state index is 0.324. The molecule has 2 unspecified atom stereocenters. The molecular formula is C63H44N2. The molecule has 0 saturated carbocycles. The summed E-state index contributed by atoms with van der Waals surface area (Å²) in [7, 11) is 0. The van der Waals surface area contributed by atoms with Gasteiger partial charge in [0.05, 0.1) is 16.7 Å². The molecule has 65 heavy (non-hydrogen) atoms. The summed E-state index contributed by atoms with van der Waals surface area (Å²) in [5, 5.41) is 8.88. The summed E-state index contributed by atoms with van der Waals surface area (Å²) in [6, 6.07) is 73.5. The number of hydrogen-bond acceptors (Lipinski definition) is 1. The summed E-state index contributed by atoms with van der Waals surface area (Å²) in [6.07, 6.45) is 11.6. The summed E-state index contributed by atoms with van der Waals surface area (Å²) in [5.74, 6) is 0.678. The average molecular weight is 829 g/mol. The van der Waals surface area contributed by atoms with Crippen LogP contribution in [0.2, 0.25) is 0 Å². The Morgan fingerprint density at radius 2 is 1.14 bits per heavy atom. The van der Waals surface area contributed by atoms with Crippen LogP contribution in [-0.4, -0.2) is 4.57 Å². The van der Waals surface area contributed by atoms with Crippen molar-refractivity contribution in [2.75, 3.05) is 5.32 Å². The molecule has 2 nitrogen and oxygen atoms in total. The molecule has 2 heterocycles. The Morgan fingerprint density at radius 1 is 0.446 bits per heavy atom. The molecule has 2 aliphatic carbocycles. The van der Waals surface area contributed by atoms with Crippen LogP contribution >= 0.6 is 0 Å². The highest BCUT2D eigenvalue weighted by molar-refractivity contribution is 6.18. The topological polar surface area (TPSA) is 17.0 Å². The highest BCUT2D eigenvalue weighted by Crippen LogP contribution is 2.52. The zero-order valence-electron chi connectivity index (χ0n) is 36.0. The van der Waals surface area contributed by atoms with E-state index in [2.05, 4.69) is 247 Å². The Labute approximate surface area is 379 Å². The number of nitrogens with one attached hydrogen (secondary N) is 1. The van der Waals surface area contributed by atoms with Crippen molar-refractivity contribution < 1.29 is 0 Å². The van der Waals surface area contributed by atoms with Crippen molar-refractivity contribution >= 4 is 55.1 Å². The second kappa shape index (κ2) is 15.0. The lowest BCUT2D eigenvalue weighted by Gasteiger charge is -2.33. The number of aromatic nitrogens is 1. The number of rotatable bonds is 6. The molecule has 2 atom stereocenters. The summed E-state index contributed by atoms with van der Waals surface area (Å²) < 4.78 is 2.53. The van der Waals surface area contributed by atoms with E-state index < -0.39 is 0 Å². The molecule has 1 aliphatic heterocycles. The molecule has 2 heteroatoms. The Bertz CT molecular complexity index is 3690. The van der Waals surface area contributed by atoms with Crippen LogP contribution in [0.4, 0.5) is 11.4 Å². The largest absolute Gasteiger partial charge is 0.354 e. The first kappa shape index (κ1) is 37.4. The Kier molecular flexibility index (Phi) is 8.60. The molecule has 0 fully saturated rings. The molecule has 9 aromatic carbocycles. The van der Waals surface area contributed by atoms with Crippen LogP contribution in [-0.2, 0) is 0 Å². The normalized spacial score (nSPS) is 16.0. The second-order valence-electron chi connectivity index (χ2n) is 17.8. The predicted molar refractivity (Wildman–Crippen MR) is 276 cm³/mol. The van der Waals surface area contributed by atoms with Gasteiger partial charge in [-0.2, -0.15) is 0 Å². The van der Waals surface area contributed by atoms with Gasteiger partial charge in [-0.1, -0.05) is 189 Å². The van der Waals surface area contributed by atoms with Crippen molar-refractivity contribution in [1.82, 2.24) is 4.57 Å². The molecule has 10 aromatic rings. The van der Waals surface area contributed by atoms with Crippen LogP contribution < -0.4 is 5.32 Å². The average Bonchev–Trinajstić information content (AvgIpc) is 3.64. The minimum Gasteiger partial charge on any atom is -0.354 e. The number of benzene rings is 9. The van der Waals surface area contributed by atoms with E-state index in [-0.39, 0.29) is 0 Å². The zero-order valence-corrected chi connectivity index (χ0v) is 36.0. The van der Waals surface area contributed by atoms with Crippen molar-refractivity contribution in [3.05, 3.63) is 247 Å². The van der Waals surface area contributed by atoms with E-state index in [1.807, 2.05) is 0 Å². The number of nitrogens with zero attached hydrogens (tertiary/aromatic N) is 1. The lowest BCUT2D eigenvalue weighted by Crippen LogP contribution is -2.19. The maximum absolute atomic E-state index is 3.88. The fourth-order valence-electron chi connectivity index (χ4n) is 11.0. The highest BCUT2D eigenvalue weighted by Gasteiger charge is 2.35. The third-order valence-electron chi connectivity index (χ3n) is 14.1. The van der Waals surface area contributed by atoms with E-state index >= 15 is 0 Å². The molecular weight excluding hydrogens is 785 g/mol. The van der Waals surface area contributed by atoms with Gasteiger partial charge in [0.25, 0.3) is 0 Å². The van der Waals surface area contributed by atoms with Gasteiger partial charge in [-0.15, -0.1) is 0 Å². The molecule has 306 valence electrons. The van der Waals surface area contributed by atoms with E-state index in [0.29, 0.717) is 11.8 Å². The molecule has 1 N–H and O–H groups in total. The van der Waals surface area contributed by atoms with Gasteiger partial charge < -0.3 is 9.88 Å². The van der Waals surface area contributed by atoms with Crippen LogP contribution in [0, 0.1) is 11.8 Å². The van der Waals surface area contributed by atoms with Gasteiger partial charge in [0.15, 0.2) is 0 Å². The van der Waals surface area contributed by atoms with Crippen molar-refractivity contribution in [3.8, 4) is 50.2 Å². The minimum atomic E-state index is 0.324. The smallest absolute Gasteiger partial charge is 0.0620 e. The highest BCUT2D eigenvalue weighted by atomic mass is 15.0. The third-order valence-corrected chi connectivity index (χ3v) is 14.1. The van der Waals surface area contributed by atoms with Gasteiger partial charge in [-0.25, -0.2) is 0 Å². The summed E-state index contributed by atoms with van der Waals surface area (Å²) in [5.41, 5.74) is 22.2. The van der Waals surface area contributed by atoms with Crippen LogP contribution in [0.25, 0.3) is 93.9 Å². The van der Waals surface area contributed by atoms with E-state index in [4.69, 9.17) is 0 Å². The van der Waals surface area contributed by atoms with Gasteiger partial charge in [-0.3, -0.25) is 0 Å². The SMILES string of the molecule is CC1C2=C(C=C3C=CC=CC31)c1cc(-c3ccc(-c4cccc(-c5ccccc5Nc5cc6ccccc6cc5-c5ccccc5)c4)cc3)cc3c4ccccc4n(c13)-c1ccccc12. The Hall–Kier alpha value is -8.20. The Balaban J connectivity index is 0.896. The number of allylic oxidation sites excluding steroid dienone is 8. The Morgan fingerprint density at radius 3 is 2.00 bits per heavy atom. The first-order chi connectivity index (χ1) is 32.1. The summed E-state index contributed by atoms with van der Waals surface area (Å²) >= 11 is 0. The van der Waals surface area contributed by atoms with Crippen molar-refractivity contribution in [2.24, 2.45) is 11.8 Å². The van der Waals surface area contributed by atoms with E-state index in [1.165, 1.54) is 105 Å². The zero-order chi connectivity index (χ0) is 43.0. The van der Waals surface area contributed by atoms with Crippen LogP contribution in [0.5, 0.6) is 0 Å². The first-order valence-corrected chi connectivity index (χ1v) is 22.8. The molecule has 0 saturated heterocycles. The van der Waals surface area contributed by atoms with Gasteiger partial charge >= 0.3 is 0 Å². The molecule has 0 spiro atoms. The van der Waals surface area contributed by atoms with Gasteiger partial charge in [0.2, 0.25) is 0 Å². The van der Waals surface area contributed by atoms with E-state index in [9.17, 15) is 0 Å². The maximum atomic E-state index is 3.88. The standard InChI is InChI=1S/C63H44N2/c1-40-50-23-8-7-20-48(50)36-55-57-38-49(37-56-52-25-10-13-28-60(52)65(63(56)57)61-29-14-11-26-53(61)62(40)55)42-32-30-41(31-33-42)44-21-15-22-47(34-44)51-24-9-12-27-58(51)64-59-39-46-19-6-5-18-45(46)35-54(59)43-16-3-2-4-17-43/h2-40,50,64H,1H3. The summed E-state index contributed by atoms with van der Waals surface area (Å²) in [4.78, 5) is 0. The van der Waals surface area contributed by atoms with Crippen molar-refractivity contribution in [3.63, 3.8) is 0 Å². The molecule has 0 amide bonds. The molecule has 1 aromatic heterocycles. The second-order valence-corrected chi connectivity index (χ2v) is 17.8. The number of hydrogen-bond donors (Lipinski definition) is 1. The lowest BCUT2D eigenvalue weighted by molar-refractivity contribution is 0.602. The third kappa shape index (κ3) is 6.09. The number of anilines is 2. The monoisotopic (exact) mass is 828 g/mol. The van der Waals surface area contributed by atoms with Crippen molar-refractivity contribution in [2.45, 2.75) is 6.92 Å². The maximum Gasteiger partial charge on any atom is 0.0620 e. The first-order valence-electron chi connectivity index (χ1n) is 22.8. The van der Waals surface area contributed by atoms with Crippen LogP contribution in [0.15, 0.2) is 236 Å². The van der Waals surface area contributed by atoms with Gasteiger partial charge in [-0.05, 0) is 115 Å². The van der Waals surface area contributed by atoms with Gasteiger partial charge in [0.1, 0.15) is 0 Å². The fourth-order valence-corrected chi connectivity index (χ4v) is 11.0. The molecule has 0 radical (unpaired) electrons. The predicted octanol–water partition coefficient (Wildman–Crippen LogP) is 16.9. The van der Waals surface area contributed by atoms with Crippen molar-refractivity contribution in [1.29, 1.82) is 0 Å². The lowest BCUT2D eigenvalue weighted by atomic mass is 9.70. The quantitative estimate of drug-likeness (QED) is 0.177. The molecule has 13 rings (SSSR count). The summed E-state index contributed by atoms with van der Waals surface area (Å²) in [6.45, 7) is 2.42. The van der Waals surface area contributed by atoms with Crippen LogP contribution in [0.1, 0.15) is 18.1 Å². The number of fused-ring (bicyclic) bond motifs is 9.